The number of carbonyl (C=O) groups excluding carboxylic acids is 3. The van der Waals surface area contributed by atoms with E-state index in [0.717, 1.165) is 0 Å². The minimum atomic E-state index is -1.39. The smallest absolute Gasteiger partial charge is 0.326 e. The molecular formula is C10H19N5O5. The third-order valence-electron chi connectivity index (χ3n) is 2.10. The number of nitrogens with zero attached hydrogens (tertiary/aromatic N) is 1. The summed E-state index contributed by atoms with van der Waals surface area (Å²) in [7, 11) is 3.13. The van der Waals surface area contributed by atoms with Gasteiger partial charge in [-0.1, -0.05) is 0 Å². The number of hydrogen-bond acceptors (Lipinski definition) is 4. The maximum absolute atomic E-state index is 11.4. The Hall–Kier alpha value is -2.52. The van der Waals surface area contributed by atoms with Crippen molar-refractivity contribution in [3.8, 4) is 0 Å². The lowest BCUT2D eigenvalue weighted by atomic mass is 10.2. The van der Waals surface area contributed by atoms with E-state index in [0.29, 0.717) is 0 Å². The van der Waals surface area contributed by atoms with Crippen molar-refractivity contribution in [1.29, 1.82) is 0 Å². The fraction of sp³-hybridized carbons (Fsp3) is 0.600. The predicted octanol–water partition coefficient (Wildman–Crippen LogP) is -2.11. The largest absolute Gasteiger partial charge is 0.480 e. The Morgan fingerprint density at radius 3 is 2.15 bits per heavy atom. The third kappa shape index (κ3) is 7.74. The zero-order valence-electron chi connectivity index (χ0n) is 11.3. The molecule has 6 N–H and O–H groups in total. The number of urea groups is 2. The lowest BCUT2D eigenvalue weighted by Gasteiger charge is -2.15. The van der Waals surface area contributed by atoms with Gasteiger partial charge in [0.25, 0.3) is 0 Å². The van der Waals surface area contributed by atoms with Gasteiger partial charge in [-0.3, -0.25) is 4.79 Å². The SMILES string of the molecule is CN(C)C(=O)NCCNC(=O)N[C@H](CC(N)=O)C(=O)O. The zero-order chi connectivity index (χ0) is 15.7. The van der Waals surface area contributed by atoms with Crippen LogP contribution in [0.25, 0.3) is 0 Å². The number of carboxylic acids is 1. The maximum Gasteiger partial charge on any atom is 0.326 e. The number of aliphatic carboxylic acids is 1. The van der Waals surface area contributed by atoms with E-state index in [-0.39, 0.29) is 19.1 Å². The zero-order valence-corrected chi connectivity index (χ0v) is 11.3. The van der Waals surface area contributed by atoms with Gasteiger partial charge in [-0.25, -0.2) is 14.4 Å². The van der Waals surface area contributed by atoms with Crippen LogP contribution in [-0.2, 0) is 9.59 Å². The molecule has 1 atom stereocenters. The fourth-order valence-corrected chi connectivity index (χ4v) is 1.11. The van der Waals surface area contributed by atoms with E-state index in [2.05, 4.69) is 16.0 Å². The molecule has 20 heavy (non-hydrogen) atoms. The topological polar surface area (TPSA) is 154 Å². The quantitative estimate of drug-likeness (QED) is 0.339. The van der Waals surface area contributed by atoms with Crippen LogP contribution in [0.3, 0.4) is 0 Å². The number of primary amides is 1. The lowest BCUT2D eigenvalue weighted by Crippen LogP contribution is -2.49. The van der Waals surface area contributed by atoms with Crippen molar-refractivity contribution in [3.05, 3.63) is 0 Å². The molecule has 5 amide bonds. The summed E-state index contributed by atoms with van der Waals surface area (Å²) >= 11 is 0. The summed E-state index contributed by atoms with van der Waals surface area (Å²) in [5.41, 5.74) is 4.86. The van der Waals surface area contributed by atoms with Crippen LogP contribution in [0.1, 0.15) is 6.42 Å². The van der Waals surface area contributed by atoms with Crippen LogP contribution in [0.15, 0.2) is 0 Å². The van der Waals surface area contributed by atoms with Gasteiger partial charge in [0.1, 0.15) is 6.04 Å². The second kappa shape index (κ2) is 8.56. The molecular weight excluding hydrogens is 270 g/mol. The highest BCUT2D eigenvalue weighted by atomic mass is 16.4. The molecule has 0 rings (SSSR count). The Labute approximate surface area is 115 Å². The molecule has 0 aromatic carbocycles. The molecule has 0 aromatic rings. The number of nitrogens with one attached hydrogen (secondary N) is 3. The van der Waals surface area contributed by atoms with Gasteiger partial charge in [-0.15, -0.1) is 0 Å². The van der Waals surface area contributed by atoms with E-state index < -0.39 is 30.4 Å². The fourth-order valence-electron chi connectivity index (χ4n) is 1.11. The van der Waals surface area contributed by atoms with Crippen LogP contribution in [-0.4, -0.2) is 67.2 Å². The van der Waals surface area contributed by atoms with Crippen molar-refractivity contribution >= 4 is 23.9 Å². The van der Waals surface area contributed by atoms with Crippen molar-refractivity contribution in [3.63, 3.8) is 0 Å². The molecule has 0 unspecified atom stereocenters. The Morgan fingerprint density at radius 2 is 1.70 bits per heavy atom. The summed E-state index contributed by atoms with van der Waals surface area (Å²) in [6, 6.07) is -2.47. The molecule has 0 saturated heterocycles. The molecule has 0 aliphatic heterocycles. The molecule has 0 spiro atoms. The van der Waals surface area contributed by atoms with Gasteiger partial charge in [0.05, 0.1) is 6.42 Å². The van der Waals surface area contributed by atoms with Crippen LogP contribution < -0.4 is 21.7 Å². The van der Waals surface area contributed by atoms with Crippen molar-refractivity contribution in [2.24, 2.45) is 5.73 Å². The number of hydrogen-bond donors (Lipinski definition) is 5. The summed E-state index contributed by atoms with van der Waals surface area (Å²) in [6.07, 6.45) is -0.500. The van der Waals surface area contributed by atoms with E-state index in [1.54, 1.807) is 14.1 Å². The molecule has 0 saturated carbocycles. The minimum absolute atomic E-state index is 0.105. The highest BCUT2D eigenvalue weighted by Gasteiger charge is 2.21. The van der Waals surface area contributed by atoms with E-state index in [1.165, 1.54) is 4.90 Å². The van der Waals surface area contributed by atoms with Gasteiger partial charge in [-0.2, -0.15) is 0 Å². The van der Waals surface area contributed by atoms with Crippen LogP contribution in [0.5, 0.6) is 0 Å². The Bertz CT molecular complexity index is 384. The first-order valence-corrected chi connectivity index (χ1v) is 5.74. The highest BCUT2D eigenvalue weighted by Crippen LogP contribution is 1.91. The summed E-state index contributed by atoms with van der Waals surface area (Å²) in [5, 5.41) is 15.7. The Morgan fingerprint density at radius 1 is 1.15 bits per heavy atom. The van der Waals surface area contributed by atoms with Crippen LogP contribution in [0, 0.1) is 0 Å². The molecule has 10 heteroatoms. The summed E-state index contributed by atoms with van der Waals surface area (Å²) in [6.45, 7) is 0.284. The molecule has 114 valence electrons. The second-order valence-electron chi connectivity index (χ2n) is 4.09. The summed E-state index contributed by atoms with van der Waals surface area (Å²) in [5.74, 6) is -2.20. The van der Waals surface area contributed by atoms with E-state index >= 15 is 0 Å². The van der Waals surface area contributed by atoms with Gasteiger partial charge >= 0.3 is 18.0 Å². The predicted molar refractivity (Wildman–Crippen MR) is 68.9 cm³/mol. The monoisotopic (exact) mass is 289 g/mol. The molecule has 0 heterocycles. The maximum atomic E-state index is 11.4. The normalized spacial score (nSPS) is 11.1. The first-order chi connectivity index (χ1) is 9.23. The number of rotatable bonds is 7. The van der Waals surface area contributed by atoms with Gasteiger partial charge in [0.15, 0.2) is 0 Å². The number of carbonyl (C=O) groups is 4. The van der Waals surface area contributed by atoms with Crippen molar-refractivity contribution in [1.82, 2.24) is 20.9 Å². The lowest BCUT2D eigenvalue weighted by molar-refractivity contribution is -0.140. The van der Waals surface area contributed by atoms with Gasteiger partial charge < -0.3 is 31.7 Å². The number of carboxylic acid groups (broad SMARTS) is 1. The van der Waals surface area contributed by atoms with Crippen LogP contribution >= 0.6 is 0 Å². The minimum Gasteiger partial charge on any atom is -0.480 e. The van der Waals surface area contributed by atoms with Crippen LogP contribution in [0.2, 0.25) is 0 Å². The van der Waals surface area contributed by atoms with E-state index in [1.807, 2.05) is 0 Å². The highest BCUT2D eigenvalue weighted by molar-refractivity contribution is 5.87. The third-order valence-corrected chi connectivity index (χ3v) is 2.10. The van der Waals surface area contributed by atoms with Crippen molar-refractivity contribution in [2.45, 2.75) is 12.5 Å². The molecule has 0 fully saturated rings. The van der Waals surface area contributed by atoms with Crippen molar-refractivity contribution in [2.75, 3.05) is 27.2 Å². The Kier molecular flexibility index (Phi) is 7.48. The molecule has 10 nitrogen and oxygen atoms in total. The summed E-state index contributed by atoms with van der Waals surface area (Å²) < 4.78 is 0. The van der Waals surface area contributed by atoms with Gasteiger partial charge in [-0.05, 0) is 0 Å². The standard InChI is InChI=1S/C10H19N5O5/c1-15(2)10(20)13-4-3-12-9(19)14-6(8(17)18)5-7(11)16/h6H,3-5H2,1-2H3,(H2,11,16)(H,13,20)(H,17,18)(H2,12,14,19)/t6-/m1/s1. The average molecular weight is 289 g/mol. The first kappa shape index (κ1) is 17.5. The van der Waals surface area contributed by atoms with Crippen molar-refractivity contribution < 1.29 is 24.3 Å². The molecule has 0 aliphatic carbocycles. The first-order valence-electron chi connectivity index (χ1n) is 5.74. The number of amides is 5. The average Bonchev–Trinajstić information content (AvgIpc) is 2.32. The molecule has 0 aromatic heterocycles. The molecule has 0 aliphatic rings. The molecule has 0 bridgehead atoms. The second-order valence-corrected chi connectivity index (χ2v) is 4.09. The van der Waals surface area contributed by atoms with Crippen LogP contribution in [0.4, 0.5) is 9.59 Å². The number of nitrogens with two attached hydrogens (primary N) is 1. The Balaban J connectivity index is 4.00. The van der Waals surface area contributed by atoms with Gasteiger partial charge in [0, 0.05) is 27.2 Å². The van der Waals surface area contributed by atoms with Gasteiger partial charge in [0.2, 0.25) is 5.91 Å². The van der Waals surface area contributed by atoms with E-state index in [4.69, 9.17) is 10.8 Å². The van der Waals surface area contributed by atoms with E-state index in [9.17, 15) is 19.2 Å². The summed E-state index contributed by atoms with van der Waals surface area (Å²) in [4.78, 5) is 45.2. The molecule has 0 radical (unpaired) electrons.